The zero-order valence-electron chi connectivity index (χ0n) is 9.48. The second-order valence-electron chi connectivity index (χ2n) is 2.67. The van der Waals surface area contributed by atoms with Gasteiger partial charge in [0.25, 0.3) is 0 Å². The van der Waals surface area contributed by atoms with Crippen molar-refractivity contribution in [1.82, 2.24) is 10.4 Å². The number of nitrogens with zero attached hydrogens (tertiary/aromatic N) is 2. The number of halogens is 2. The Morgan fingerprint density at radius 3 is 2.76 bits per heavy atom. The molecule has 90 valence electrons. The molecule has 1 aromatic heterocycles. The van der Waals surface area contributed by atoms with Gasteiger partial charge in [-0.25, -0.2) is 0 Å². The van der Waals surface area contributed by atoms with Crippen molar-refractivity contribution >= 4 is 53.9 Å². The molecule has 17 heavy (non-hydrogen) atoms. The SMILES string of the molecule is CSC(=S)N/N=C/c1cccc(C)n1.[Cl][Zn][Cl]. The van der Waals surface area contributed by atoms with E-state index >= 15 is 0 Å². The number of pyridine rings is 1. The van der Waals surface area contributed by atoms with Crippen LogP contribution in [0.15, 0.2) is 23.3 Å². The number of aromatic nitrogens is 1. The van der Waals surface area contributed by atoms with E-state index in [2.05, 4.69) is 15.5 Å². The molecular formula is C9H11Cl2N3S2Zn. The molecule has 0 amide bonds. The monoisotopic (exact) mass is 359 g/mol. The fourth-order valence-corrected chi connectivity index (χ4v) is 1.03. The summed E-state index contributed by atoms with van der Waals surface area (Å²) in [5.41, 5.74) is 4.52. The molecule has 1 N–H and O–H groups in total. The third-order valence-corrected chi connectivity index (χ3v) is 2.50. The molecule has 8 heteroatoms. The van der Waals surface area contributed by atoms with Crippen molar-refractivity contribution in [3.05, 3.63) is 29.6 Å². The predicted octanol–water partition coefficient (Wildman–Crippen LogP) is 3.34. The number of nitrogens with one attached hydrogen (secondary N) is 1. The summed E-state index contributed by atoms with van der Waals surface area (Å²) in [6.07, 6.45) is 3.55. The molecule has 0 unspecified atom stereocenters. The molecule has 1 heterocycles. The normalized spacial score (nSPS) is 9.18. The quantitative estimate of drug-likeness (QED) is 0.379. The molecule has 0 fully saturated rings. The minimum atomic E-state index is -0.931. The van der Waals surface area contributed by atoms with E-state index in [1.807, 2.05) is 31.4 Å². The van der Waals surface area contributed by atoms with E-state index in [0.717, 1.165) is 11.4 Å². The van der Waals surface area contributed by atoms with Crippen LogP contribution in [-0.4, -0.2) is 21.8 Å². The molecule has 0 saturated carbocycles. The summed E-state index contributed by atoms with van der Waals surface area (Å²) in [4.78, 5) is 4.26. The molecule has 0 radical (unpaired) electrons. The Hall–Kier alpha value is 0.263. The van der Waals surface area contributed by atoms with Crippen LogP contribution in [0.5, 0.6) is 0 Å². The Morgan fingerprint density at radius 1 is 1.59 bits per heavy atom. The molecular weight excluding hydrogens is 351 g/mol. The van der Waals surface area contributed by atoms with E-state index in [-0.39, 0.29) is 0 Å². The second kappa shape index (κ2) is 11.4. The standard InChI is InChI=1S/C9H11N3S2.2ClH.Zn/c1-7-4-3-5-8(11-7)6-10-12-9(13)14-2;;;/h3-6H,1-2H3,(H,12,13);2*1H;/q;;;+2/p-2/b10-6+;;;. The Morgan fingerprint density at radius 2 is 2.24 bits per heavy atom. The van der Waals surface area contributed by atoms with Crippen LogP contribution in [-0.2, 0) is 15.1 Å². The molecule has 0 atom stereocenters. The van der Waals surface area contributed by atoms with Crippen LogP contribution >= 0.6 is 43.4 Å². The summed E-state index contributed by atoms with van der Waals surface area (Å²) in [7, 11) is 9.90. The van der Waals surface area contributed by atoms with E-state index in [9.17, 15) is 0 Å². The maximum absolute atomic E-state index is 4.95. The first-order valence-corrected chi connectivity index (χ1v) is 14.0. The molecule has 0 saturated heterocycles. The molecule has 1 aromatic rings. The molecule has 0 aliphatic heterocycles. The summed E-state index contributed by atoms with van der Waals surface area (Å²) < 4.78 is 0.647. The Kier molecular flexibility index (Phi) is 11.5. The summed E-state index contributed by atoms with van der Waals surface area (Å²) in [6, 6.07) is 5.77. The van der Waals surface area contributed by atoms with Gasteiger partial charge in [0.05, 0.1) is 11.9 Å². The van der Waals surface area contributed by atoms with Crippen molar-refractivity contribution in [3.63, 3.8) is 0 Å². The molecule has 0 bridgehead atoms. The van der Waals surface area contributed by atoms with Gasteiger partial charge in [-0.3, -0.25) is 10.4 Å². The fourth-order valence-electron chi connectivity index (χ4n) is 0.833. The maximum atomic E-state index is 4.95. The first-order chi connectivity index (χ1) is 8.13. The number of rotatable bonds is 2. The van der Waals surface area contributed by atoms with Gasteiger partial charge in [-0.1, -0.05) is 30.0 Å². The third-order valence-electron chi connectivity index (χ3n) is 1.45. The number of thiocarbonyl (C=S) groups is 1. The van der Waals surface area contributed by atoms with Crippen LogP contribution in [0.4, 0.5) is 0 Å². The van der Waals surface area contributed by atoms with Crippen LogP contribution in [0.2, 0.25) is 0 Å². The van der Waals surface area contributed by atoms with E-state index < -0.39 is 15.1 Å². The number of hydrogen-bond acceptors (Lipinski definition) is 4. The number of hydrogen-bond donors (Lipinski definition) is 1. The average molecular weight is 362 g/mol. The topological polar surface area (TPSA) is 37.3 Å². The van der Waals surface area contributed by atoms with Crippen LogP contribution in [0.3, 0.4) is 0 Å². The Balaban J connectivity index is 0.000000770. The van der Waals surface area contributed by atoms with Gasteiger partial charge in [-0.2, -0.15) is 5.10 Å². The summed E-state index contributed by atoms with van der Waals surface area (Å²) >= 11 is 5.43. The van der Waals surface area contributed by atoms with Gasteiger partial charge >= 0.3 is 34.5 Å². The van der Waals surface area contributed by atoms with Crippen molar-refractivity contribution in [2.24, 2.45) is 5.10 Å². The van der Waals surface area contributed by atoms with Gasteiger partial charge in [0.1, 0.15) is 0 Å². The minimum absolute atomic E-state index is 0.647. The van der Waals surface area contributed by atoms with Crippen LogP contribution < -0.4 is 5.43 Å². The Labute approximate surface area is 126 Å². The third kappa shape index (κ3) is 9.92. The van der Waals surface area contributed by atoms with Gasteiger partial charge in [0.2, 0.25) is 0 Å². The average Bonchev–Trinajstić information content (AvgIpc) is 2.30. The molecule has 0 aromatic carbocycles. The summed E-state index contributed by atoms with van der Waals surface area (Å²) in [6.45, 7) is 1.94. The van der Waals surface area contributed by atoms with E-state index in [1.54, 1.807) is 6.21 Å². The number of hydrazone groups is 1. The molecule has 0 spiro atoms. The molecule has 3 nitrogen and oxygen atoms in total. The van der Waals surface area contributed by atoms with E-state index in [4.69, 9.17) is 31.6 Å². The van der Waals surface area contributed by atoms with Gasteiger partial charge in [0, 0.05) is 5.69 Å². The van der Waals surface area contributed by atoms with Crippen LogP contribution in [0.25, 0.3) is 0 Å². The van der Waals surface area contributed by atoms with Gasteiger partial charge < -0.3 is 0 Å². The number of aryl methyl sites for hydroxylation is 1. The van der Waals surface area contributed by atoms with Crippen LogP contribution in [0.1, 0.15) is 11.4 Å². The van der Waals surface area contributed by atoms with Gasteiger partial charge in [-0.05, 0) is 25.3 Å². The molecule has 1 rings (SSSR count). The summed E-state index contributed by atoms with van der Waals surface area (Å²) in [5.74, 6) is 0. The summed E-state index contributed by atoms with van der Waals surface area (Å²) in [5, 5.41) is 3.95. The second-order valence-corrected chi connectivity index (χ2v) is 8.77. The van der Waals surface area contributed by atoms with Crippen molar-refractivity contribution in [3.8, 4) is 0 Å². The number of thioether (sulfide) groups is 1. The van der Waals surface area contributed by atoms with Crippen LogP contribution in [0, 0.1) is 6.92 Å². The predicted molar refractivity (Wildman–Crippen MR) is 77.5 cm³/mol. The molecule has 0 aliphatic carbocycles. The first-order valence-electron chi connectivity index (χ1n) is 4.56. The Bertz CT molecular complexity index is 377. The molecule has 0 aliphatic rings. The fraction of sp³-hybridized carbons (Fsp3) is 0.222. The van der Waals surface area contributed by atoms with Gasteiger partial charge in [0.15, 0.2) is 4.32 Å². The van der Waals surface area contributed by atoms with Crippen molar-refractivity contribution in [1.29, 1.82) is 0 Å². The van der Waals surface area contributed by atoms with E-state index in [0.29, 0.717) is 4.32 Å². The van der Waals surface area contributed by atoms with E-state index in [1.165, 1.54) is 11.8 Å². The van der Waals surface area contributed by atoms with Crippen molar-refractivity contribution < 1.29 is 15.1 Å². The first kappa shape index (κ1) is 17.3. The zero-order chi connectivity index (χ0) is 13.1. The van der Waals surface area contributed by atoms with Crippen molar-refractivity contribution in [2.75, 3.05) is 6.26 Å². The zero-order valence-corrected chi connectivity index (χ0v) is 15.6. The van der Waals surface area contributed by atoms with Gasteiger partial charge in [-0.15, -0.1) is 0 Å². The van der Waals surface area contributed by atoms with Crippen molar-refractivity contribution in [2.45, 2.75) is 6.92 Å².